The SMILES string of the molecule is N#Cc1cccc(S(=O)(=O)Oc2ccc3c(c2)CNCC3CCCCN(C(=O)c2ccccc2)c2ccccc2)c1. The number of fused-ring (bicyclic) bond motifs is 1. The first-order valence-electron chi connectivity index (χ1n) is 13.6. The van der Waals surface area contributed by atoms with Gasteiger partial charge in [-0.25, -0.2) is 0 Å². The van der Waals surface area contributed by atoms with E-state index in [1.54, 1.807) is 18.2 Å². The lowest BCUT2D eigenvalue weighted by molar-refractivity contribution is 0.0986. The summed E-state index contributed by atoms with van der Waals surface area (Å²) >= 11 is 0. The number of nitriles is 1. The molecule has 1 N–H and O–H groups in total. The van der Waals surface area contributed by atoms with E-state index in [0.717, 1.165) is 37.1 Å². The number of hydrogen-bond donors (Lipinski definition) is 1. The second-order valence-electron chi connectivity index (χ2n) is 10.0. The summed E-state index contributed by atoms with van der Waals surface area (Å²) in [6.07, 6.45) is 2.71. The number of carbonyl (C=O) groups excluding carboxylic acids is 1. The minimum absolute atomic E-state index is 0.0108. The van der Waals surface area contributed by atoms with E-state index in [-0.39, 0.29) is 28.0 Å². The molecule has 0 saturated heterocycles. The molecule has 0 spiro atoms. The molecular weight excluding hydrogens is 534 g/mol. The molecule has 5 rings (SSSR count). The standard InChI is InChI=1S/C33H31N3O4S/c34-22-25-10-9-16-31(20-25)41(38,39)40-30-17-18-32-27(23-35-24-28(32)21-30)13-7-8-19-36(29-14-5-2-6-15-29)33(37)26-11-3-1-4-12-26/h1-6,9-12,14-18,20-21,27,35H,7-8,13,19,23-24H2. The van der Waals surface area contributed by atoms with Crippen molar-refractivity contribution in [3.05, 3.63) is 125 Å². The monoisotopic (exact) mass is 565 g/mol. The lowest BCUT2D eigenvalue weighted by Crippen LogP contribution is -2.32. The van der Waals surface area contributed by atoms with Gasteiger partial charge in [-0.2, -0.15) is 13.7 Å². The normalized spacial score (nSPS) is 14.5. The Labute approximate surface area is 241 Å². The van der Waals surface area contributed by atoms with Gasteiger partial charge in [-0.05, 0) is 84.5 Å². The fraction of sp³-hybridized carbons (Fsp3) is 0.212. The van der Waals surface area contributed by atoms with E-state index < -0.39 is 10.1 Å². The number of para-hydroxylation sites is 1. The molecular formula is C33H31N3O4S. The third kappa shape index (κ3) is 6.83. The van der Waals surface area contributed by atoms with Crippen LogP contribution in [-0.2, 0) is 16.7 Å². The van der Waals surface area contributed by atoms with Gasteiger partial charge in [0.15, 0.2) is 0 Å². The van der Waals surface area contributed by atoms with Crippen LogP contribution >= 0.6 is 0 Å². The van der Waals surface area contributed by atoms with Gasteiger partial charge in [-0.3, -0.25) is 4.79 Å². The van der Waals surface area contributed by atoms with E-state index in [9.17, 15) is 13.2 Å². The average molecular weight is 566 g/mol. The molecule has 1 atom stereocenters. The van der Waals surface area contributed by atoms with E-state index in [1.165, 1.54) is 23.8 Å². The van der Waals surface area contributed by atoms with Crippen LogP contribution in [0.4, 0.5) is 5.69 Å². The van der Waals surface area contributed by atoms with Crippen molar-refractivity contribution in [3.8, 4) is 11.8 Å². The van der Waals surface area contributed by atoms with Crippen molar-refractivity contribution >= 4 is 21.7 Å². The summed E-state index contributed by atoms with van der Waals surface area (Å²) in [5.74, 6) is 0.501. The van der Waals surface area contributed by atoms with Crippen LogP contribution in [0, 0.1) is 11.3 Å². The van der Waals surface area contributed by atoms with Gasteiger partial charge in [0.1, 0.15) is 10.6 Å². The second kappa shape index (κ2) is 12.8. The zero-order valence-corrected chi connectivity index (χ0v) is 23.4. The largest absolute Gasteiger partial charge is 0.379 e. The lowest BCUT2D eigenvalue weighted by atomic mass is 9.87. The molecule has 0 saturated carbocycles. The maximum Gasteiger partial charge on any atom is 0.339 e. The first-order chi connectivity index (χ1) is 19.9. The third-order valence-corrected chi connectivity index (χ3v) is 8.48. The quantitative estimate of drug-likeness (QED) is 0.186. The molecule has 7 nitrogen and oxygen atoms in total. The van der Waals surface area contributed by atoms with E-state index in [0.29, 0.717) is 18.7 Å². The number of anilines is 1. The highest BCUT2D eigenvalue weighted by atomic mass is 32.2. The first-order valence-corrected chi connectivity index (χ1v) is 15.1. The van der Waals surface area contributed by atoms with Crippen molar-refractivity contribution in [3.63, 3.8) is 0 Å². The highest BCUT2D eigenvalue weighted by Gasteiger charge is 2.23. The molecule has 0 aliphatic carbocycles. The van der Waals surface area contributed by atoms with E-state index >= 15 is 0 Å². The predicted molar refractivity (Wildman–Crippen MR) is 158 cm³/mol. The Hall–Kier alpha value is -4.45. The minimum atomic E-state index is -4.07. The lowest BCUT2D eigenvalue weighted by Gasteiger charge is -2.27. The average Bonchev–Trinajstić information content (AvgIpc) is 3.01. The predicted octanol–water partition coefficient (Wildman–Crippen LogP) is 6.03. The number of nitrogens with one attached hydrogen (secondary N) is 1. The van der Waals surface area contributed by atoms with Crippen LogP contribution in [0.15, 0.2) is 108 Å². The summed E-state index contributed by atoms with van der Waals surface area (Å²) in [7, 11) is -4.07. The number of unbranched alkanes of at least 4 members (excludes halogenated alkanes) is 1. The van der Waals surface area contributed by atoms with Crippen molar-refractivity contribution in [1.29, 1.82) is 5.26 Å². The Morgan fingerprint density at radius 1 is 0.927 bits per heavy atom. The van der Waals surface area contributed by atoms with Gasteiger partial charge in [-0.15, -0.1) is 0 Å². The van der Waals surface area contributed by atoms with Crippen LogP contribution in [0.5, 0.6) is 5.75 Å². The van der Waals surface area contributed by atoms with Crippen molar-refractivity contribution in [2.24, 2.45) is 0 Å². The van der Waals surface area contributed by atoms with Crippen LogP contribution in [0.1, 0.15) is 52.2 Å². The number of amides is 1. The molecule has 8 heteroatoms. The molecule has 1 aliphatic rings. The first kappa shape index (κ1) is 28.1. The Kier molecular flexibility index (Phi) is 8.78. The molecule has 4 aromatic rings. The van der Waals surface area contributed by atoms with Gasteiger partial charge in [0.25, 0.3) is 5.91 Å². The number of rotatable bonds is 10. The van der Waals surface area contributed by atoms with Crippen LogP contribution < -0.4 is 14.4 Å². The van der Waals surface area contributed by atoms with E-state index in [2.05, 4.69) is 5.32 Å². The summed E-state index contributed by atoms with van der Waals surface area (Å²) < 4.78 is 31.0. The minimum Gasteiger partial charge on any atom is -0.379 e. The molecule has 4 aromatic carbocycles. The van der Waals surface area contributed by atoms with Crippen molar-refractivity contribution in [2.45, 2.75) is 36.6 Å². The highest BCUT2D eigenvalue weighted by Crippen LogP contribution is 2.32. The summed E-state index contributed by atoms with van der Waals surface area (Å²) in [5.41, 5.74) is 3.99. The molecule has 208 valence electrons. The van der Waals surface area contributed by atoms with Gasteiger partial charge in [-0.1, -0.05) is 55.0 Å². The third-order valence-electron chi connectivity index (χ3n) is 7.24. The van der Waals surface area contributed by atoms with Crippen molar-refractivity contribution in [2.75, 3.05) is 18.0 Å². The smallest absolute Gasteiger partial charge is 0.339 e. The Morgan fingerprint density at radius 2 is 1.68 bits per heavy atom. The van der Waals surface area contributed by atoms with Gasteiger partial charge in [0, 0.05) is 30.9 Å². The fourth-order valence-corrected chi connectivity index (χ4v) is 6.15. The number of hydrogen-bond acceptors (Lipinski definition) is 6. The summed E-state index contributed by atoms with van der Waals surface area (Å²) in [5, 5.41) is 12.5. The second-order valence-corrected chi connectivity index (χ2v) is 11.6. The molecule has 0 aromatic heterocycles. The Balaban J connectivity index is 1.23. The summed E-state index contributed by atoms with van der Waals surface area (Å²) in [4.78, 5) is 15.1. The maximum atomic E-state index is 13.3. The maximum absolute atomic E-state index is 13.3. The molecule has 0 bridgehead atoms. The molecule has 1 unspecified atom stereocenters. The summed E-state index contributed by atoms with van der Waals surface area (Å²) in [6, 6.07) is 32.2. The summed E-state index contributed by atoms with van der Waals surface area (Å²) in [6.45, 7) is 2.07. The Bertz CT molecular complexity index is 1650. The fourth-order valence-electron chi connectivity index (χ4n) is 5.18. The topological polar surface area (TPSA) is 99.5 Å². The van der Waals surface area contributed by atoms with Crippen molar-refractivity contribution < 1.29 is 17.4 Å². The molecule has 0 fully saturated rings. The molecule has 1 amide bonds. The molecule has 1 heterocycles. The molecule has 41 heavy (non-hydrogen) atoms. The van der Waals surface area contributed by atoms with Gasteiger partial charge >= 0.3 is 10.1 Å². The number of carbonyl (C=O) groups is 1. The zero-order chi connectivity index (χ0) is 28.7. The molecule has 1 aliphatic heterocycles. The number of nitrogens with zero attached hydrogens (tertiary/aromatic N) is 2. The van der Waals surface area contributed by atoms with Crippen LogP contribution in [0.3, 0.4) is 0 Å². The Morgan fingerprint density at radius 3 is 2.44 bits per heavy atom. The number of benzene rings is 4. The highest BCUT2D eigenvalue weighted by molar-refractivity contribution is 7.87. The van der Waals surface area contributed by atoms with Gasteiger partial charge < -0.3 is 14.4 Å². The van der Waals surface area contributed by atoms with Gasteiger partial charge in [0.05, 0.1) is 11.6 Å². The van der Waals surface area contributed by atoms with Gasteiger partial charge in [0.2, 0.25) is 0 Å². The van der Waals surface area contributed by atoms with Crippen LogP contribution in [0.25, 0.3) is 0 Å². The van der Waals surface area contributed by atoms with E-state index in [1.807, 2.05) is 77.7 Å². The van der Waals surface area contributed by atoms with E-state index in [4.69, 9.17) is 9.44 Å². The van der Waals surface area contributed by atoms with Crippen LogP contribution in [0.2, 0.25) is 0 Å². The van der Waals surface area contributed by atoms with Crippen molar-refractivity contribution in [1.82, 2.24) is 5.32 Å². The van der Waals surface area contributed by atoms with Crippen LogP contribution in [-0.4, -0.2) is 27.4 Å². The zero-order valence-electron chi connectivity index (χ0n) is 22.6. The molecule has 0 radical (unpaired) electrons.